The first-order valence-corrected chi connectivity index (χ1v) is 13.9. The van der Waals surface area contributed by atoms with Gasteiger partial charge in [-0.1, -0.05) is 19.8 Å². The standard InChI is InChI=1S/C26H31F3N2O7S/c1-3-14-37-21-11-9-19(26(27,28)29)16-20(21)30-24(32)17-38-25(33)18-8-10-22(36-2)23(15-18)39(34,35)31-12-6-4-5-7-13-31/h8-11,15-16H,3-7,12-14,17H2,1-2H3,(H,30,32). The van der Waals surface area contributed by atoms with E-state index in [4.69, 9.17) is 14.2 Å². The SMILES string of the molecule is CCCOc1ccc(C(F)(F)F)cc1NC(=O)COC(=O)c1ccc(OC)c(S(=O)(=O)N2CCCCCC2)c1. The van der Waals surface area contributed by atoms with Crippen molar-refractivity contribution < 1.29 is 45.4 Å². The number of esters is 1. The zero-order valence-electron chi connectivity index (χ0n) is 21.7. The van der Waals surface area contributed by atoms with E-state index in [1.54, 1.807) is 0 Å². The van der Waals surface area contributed by atoms with Crippen LogP contribution in [0.25, 0.3) is 0 Å². The first kappa shape index (κ1) is 30.2. The van der Waals surface area contributed by atoms with E-state index < -0.39 is 40.2 Å². The van der Waals surface area contributed by atoms with Gasteiger partial charge >= 0.3 is 12.1 Å². The van der Waals surface area contributed by atoms with Gasteiger partial charge in [0, 0.05) is 13.1 Å². The van der Waals surface area contributed by atoms with Crippen LogP contribution in [-0.2, 0) is 25.7 Å². The number of methoxy groups -OCH3 is 1. The Labute approximate surface area is 225 Å². The number of carbonyl (C=O) groups is 2. The van der Waals surface area contributed by atoms with Crippen molar-refractivity contribution in [1.82, 2.24) is 4.31 Å². The highest BCUT2D eigenvalue weighted by Crippen LogP contribution is 2.35. The number of hydrogen-bond acceptors (Lipinski definition) is 7. The molecule has 13 heteroatoms. The zero-order chi connectivity index (χ0) is 28.6. The summed E-state index contributed by atoms with van der Waals surface area (Å²) in [5.41, 5.74) is -1.35. The maximum Gasteiger partial charge on any atom is 0.416 e. The van der Waals surface area contributed by atoms with Gasteiger partial charge in [0.2, 0.25) is 10.0 Å². The summed E-state index contributed by atoms with van der Waals surface area (Å²) in [6.45, 7) is 1.89. The molecule has 0 unspecified atom stereocenters. The van der Waals surface area contributed by atoms with Gasteiger partial charge in [-0.15, -0.1) is 0 Å². The number of alkyl halides is 3. The van der Waals surface area contributed by atoms with E-state index in [0.29, 0.717) is 19.5 Å². The lowest BCUT2D eigenvalue weighted by Gasteiger charge is -2.21. The van der Waals surface area contributed by atoms with Gasteiger partial charge < -0.3 is 19.5 Å². The zero-order valence-corrected chi connectivity index (χ0v) is 22.5. The van der Waals surface area contributed by atoms with Crippen molar-refractivity contribution in [2.45, 2.75) is 50.1 Å². The van der Waals surface area contributed by atoms with E-state index in [0.717, 1.165) is 49.9 Å². The van der Waals surface area contributed by atoms with Crippen LogP contribution in [0.3, 0.4) is 0 Å². The Bertz CT molecular complexity index is 1270. The maximum absolute atomic E-state index is 13.3. The van der Waals surface area contributed by atoms with Crippen molar-refractivity contribution in [2.24, 2.45) is 0 Å². The molecule has 1 heterocycles. The molecule has 3 rings (SSSR count). The fourth-order valence-corrected chi connectivity index (χ4v) is 5.67. The summed E-state index contributed by atoms with van der Waals surface area (Å²) in [6, 6.07) is 6.41. The number of halogens is 3. The normalized spacial score (nSPS) is 14.8. The summed E-state index contributed by atoms with van der Waals surface area (Å²) in [7, 11) is -2.66. The molecule has 39 heavy (non-hydrogen) atoms. The van der Waals surface area contributed by atoms with Crippen LogP contribution >= 0.6 is 0 Å². The minimum Gasteiger partial charge on any atom is -0.495 e. The van der Waals surface area contributed by atoms with Crippen LogP contribution in [0.5, 0.6) is 11.5 Å². The Hall–Kier alpha value is -3.32. The van der Waals surface area contributed by atoms with E-state index in [9.17, 15) is 31.2 Å². The molecule has 1 N–H and O–H groups in total. The number of amides is 1. The highest BCUT2D eigenvalue weighted by molar-refractivity contribution is 7.89. The van der Waals surface area contributed by atoms with Crippen LogP contribution in [0, 0.1) is 0 Å². The molecule has 0 spiro atoms. The molecule has 2 aromatic carbocycles. The van der Waals surface area contributed by atoms with Crippen molar-refractivity contribution in [2.75, 3.05) is 38.7 Å². The Morgan fingerprint density at radius 2 is 1.67 bits per heavy atom. The number of benzene rings is 2. The molecule has 0 aliphatic carbocycles. The number of carbonyl (C=O) groups excluding carboxylic acids is 2. The quantitative estimate of drug-likeness (QED) is 0.405. The maximum atomic E-state index is 13.3. The van der Waals surface area contributed by atoms with Crippen LogP contribution in [-0.4, -0.2) is 58.0 Å². The van der Waals surface area contributed by atoms with Gasteiger partial charge in [0.25, 0.3) is 5.91 Å². The van der Waals surface area contributed by atoms with Crippen molar-refractivity contribution in [3.05, 3.63) is 47.5 Å². The van der Waals surface area contributed by atoms with Gasteiger partial charge in [-0.05, 0) is 55.7 Å². The Balaban J connectivity index is 1.74. The van der Waals surface area contributed by atoms with E-state index in [-0.39, 0.29) is 34.3 Å². The molecule has 2 aromatic rings. The number of rotatable bonds is 10. The first-order chi connectivity index (χ1) is 18.5. The van der Waals surface area contributed by atoms with E-state index in [1.165, 1.54) is 23.5 Å². The summed E-state index contributed by atoms with van der Waals surface area (Å²) >= 11 is 0. The second-order valence-corrected chi connectivity index (χ2v) is 10.8. The molecule has 0 saturated carbocycles. The van der Waals surface area contributed by atoms with Gasteiger partial charge in [0.05, 0.1) is 30.5 Å². The summed E-state index contributed by atoms with van der Waals surface area (Å²) < 4.78 is 83.1. The lowest BCUT2D eigenvalue weighted by molar-refractivity contribution is -0.137. The van der Waals surface area contributed by atoms with Gasteiger partial charge in [-0.3, -0.25) is 4.79 Å². The third-order valence-electron chi connectivity index (χ3n) is 5.96. The number of anilines is 1. The van der Waals surface area contributed by atoms with Crippen molar-refractivity contribution in [3.8, 4) is 11.5 Å². The van der Waals surface area contributed by atoms with Gasteiger partial charge in [0.1, 0.15) is 16.4 Å². The molecule has 1 saturated heterocycles. The van der Waals surface area contributed by atoms with Crippen molar-refractivity contribution in [1.29, 1.82) is 0 Å². The van der Waals surface area contributed by atoms with Crippen LogP contribution in [0.2, 0.25) is 0 Å². The fourth-order valence-electron chi connectivity index (χ4n) is 3.97. The third-order valence-corrected chi connectivity index (χ3v) is 7.88. The largest absolute Gasteiger partial charge is 0.495 e. The predicted octanol–water partition coefficient (Wildman–Crippen LogP) is 4.86. The minimum absolute atomic E-state index is 0.0306. The smallest absolute Gasteiger partial charge is 0.416 e. The molecule has 1 amide bonds. The van der Waals surface area contributed by atoms with Gasteiger partial charge in [-0.2, -0.15) is 17.5 Å². The number of ether oxygens (including phenoxy) is 3. The summed E-state index contributed by atoms with van der Waals surface area (Å²) in [5.74, 6) is -1.82. The second kappa shape index (κ2) is 13.2. The van der Waals surface area contributed by atoms with Crippen molar-refractivity contribution in [3.63, 3.8) is 0 Å². The monoisotopic (exact) mass is 572 g/mol. The molecule has 9 nitrogen and oxygen atoms in total. The number of sulfonamides is 1. The van der Waals surface area contributed by atoms with Crippen LogP contribution in [0.1, 0.15) is 54.9 Å². The van der Waals surface area contributed by atoms with Crippen LogP contribution in [0.4, 0.5) is 18.9 Å². The van der Waals surface area contributed by atoms with Gasteiger partial charge in [0.15, 0.2) is 6.61 Å². The Morgan fingerprint density at radius 3 is 2.28 bits per heavy atom. The number of hydrogen-bond donors (Lipinski definition) is 1. The minimum atomic E-state index is -4.64. The van der Waals surface area contributed by atoms with Gasteiger partial charge in [-0.25, -0.2) is 13.2 Å². The molecule has 1 aliphatic heterocycles. The van der Waals surface area contributed by atoms with Crippen LogP contribution in [0.15, 0.2) is 41.3 Å². The molecular formula is C26H31F3N2O7S. The molecular weight excluding hydrogens is 541 g/mol. The fraction of sp³-hybridized carbons (Fsp3) is 0.462. The van der Waals surface area contributed by atoms with Crippen molar-refractivity contribution >= 4 is 27.6 Å². The molecule has 214 valence electrons. The number of nitrogens with one attached hydrogen (secondary N) is 1. The molecule has 1 aliphatic rings. The molecule has 0 atom stereocenters. The molecule has 0 radical (unpaired) electrons. The molecule has 0 aromatic heterocycles. The highest BCUT2D eigenvalue weighted by atomic mass is 32.2. The topological polar surface area (TPSA) is 111 Å². The summed E-state index contributed by atoms with van der Waals surface area (Å²) in [6.07, 6.45) is -0.780. The first-order valence-electron chi connectivity index (χ1n) is 12.5. The third kappa shape index (κ3) is 7.85. The second-order valence-electron chi connectivity index (χ2n) is 8.87. The van der Waals surface area contributed by atoms with E-state index in [2.05, 4.69) is 5.32 Å². The Morgan fingerprint density at radius 1 is 1.00 bits per heavy atom. The summed E-state index contributed by atoms with van der Waals surface area (Å²) in [5, 5.41) is 2.28. The van der Waals surface area contributed by atoms with Crippen LogP contribution < -0.4 is 14.8 Å². The lowest BCUT2D eigenvalue weighted by atomic mass is 10.1. The highest BCUT2D eigenvalue weighted by Gasteiger charge is 2.32. The van der Waals surface area contributed by atoms with E-state index >= 15 is 0 Å². The Kier molecular flexibility index (Phi) is 10.2. The predicted molar refractivity (Wildman–Crippen MR) is 136 cm³/mol. The number of nitrogens with zero attached hydrogens (tertiary/aromatic N) is 1. The summed E-state index contributed by atoms with van der Waals surface area (Å²) in [4.78, 5) is 24.9. The lowest BCUT2D eigenvalue weighted by Crippen LogP contribution is -2.32. The average Bonchev–Trinajstić information content (AvgIpc) is 3.20. The molecule has 1 fully saturated rings. The molecule has 0 bridgehead atoms. The van der Waals surface area contributed by atoms with E-state index in [1.807, 2.05) is 6.92 Å². The average molecular weight is 573 g/mol.